The van der Waals surface area contributed by atoms with Gasteiger partial charge in [0.2, 0.25) is 0 Å². The molecule has 0 fully saturated rings. The molecule has 2 N–H and O–H groups in total. The maximum absolute atomic E-state index is 11.8. The number of urea groups is 1. The van der Waals surface area contributed by atoms with E-state index in [1.165, 1.54) is 0 Å². The summed E-state index contributed by atoms with van der Waals surface area (Å²) in [5, 5.41) is 5.96. The average molecular weight is 317 g/mol. The topological polar surface area (TPSA) is 50.4 Å². The second kappa shape index (κ2) is 7.52. The number of amides is 2. The molecule has 0 saturated carbocycles. The standard InChI is InChI=1S/C17H17ClN2O2/c1-12-3-6-14(11-16(12)18)20-17(21)19-10-9-13-4-7-15(22-2)8-5-13/h3-11H,1-2H3,(H2,19,20,21)/b10-9+. The first-order valence-corrected chi connectivity index (χ1v) is 7.10. The summed E-state index contributed by atoms with van der Waals surface area (Å²) in [6.07, 6.45) is 3.37. The summed E-state index contributed by atoms with van der Waals surface area (Å²) < 4.78 is 5.08. The number of anilines is 1. The van der Waals surface area contributed by atoms with Gasteiger partial charge in [-0.25, -0.2) is 4.79 Å². The van der Waals surface area contributed by atoms with Gasteiger partial charge in [0, 0.05) is 16.9 Å². The highest BCUT2D eigenvalue weighted by Gasteiger charge is 2.01. The molecule has 0 heterocycles. The Labute approximate surface area is 134 Å². The van der Waals surface area contributed by atoms with Crippen LogP contribution >= 0.6 is 11.6 Å². The van der Waals surface area contributed by atoms with Crippen LogP contribution in [0.1, 0.15) is 11.1 Å². The normalized spacial score (nSPS) is 10.5. The van der Waals surface area contributed by atoms with Crippen LogP contribution < -0.4 is 15.4 Å². The minimum Gasteiger partial charge on any atom is -0.497 e. The monoisotopic (exact) mass is 316 g/mol. The molecule has 0 aromatic heterocycles. The van der Waals surface area contributed by atoms with E-state index in [1.54, 1.807) is 31.5 Å². The van der Waals surface area contributed by atoms with Crippen molar-refractivity contribution in [2.75, 3.05) is 12.4 Å². The number of carbonyl (C=O) groups excluding carboxylic acids is 1. The summed E-state index contributed by atoms with van der Waals surface area (Å²) >= 11 is 6.01. The molecule has 0 atom stereocenters. The maximum atomic E-state index is 11.8. The lowest BCUT2D eigenvalue weighted by atomic mass is 10.2. The molecular weight excluding hydrogens is 300 g/mol. The van der Waals surface area contributed by atoms with Gasteiger partial charge in [0.15, 0.2) is 0 Å². The molecule has 0 aliphatic heterocycles. The van der Waals surface area contributed by atoms with Crippen molar-refractivity contribution in [1.82, 2.24) is 5.32 Å². The number of ether oxygens (including phenoxy) is 1. The lowest BCUT2D eigenvalue weighted by Crippen LogP contribution is -2.23. The Balaban J connectivity index is 1.88. The lowest BCUT2D eigenvalue weighted by Gasteiger charge is -2.06. The predicted octanol–water partition coefficient (Wildman–Crippen LogP) is 4.45. The zero-order valence-corrected chi connectivity index (χ0v) is 13.1. The summed E-state index contributed by atoms with van der Waals surface area (Å²) in [7, 11) is 1.62. The number of methoxy groups -OCH3 is 1. The zero-order valence-electron chi connectivity index (χ0n) is 12.4. The van der Waals surface area contributed by atoms with E-state index in [9.17, 15) is 4.79 Å². The van der Waals surface area contributed by atoms with Crippen LogP contribution in [0.4, 0.5) is 10.5 Å². The van der Waals surface area contributed by atoms with Crippen LogP contribution in [0, 0.1) is 6.92 Å². The fourth-order valence-electron chi connectivity index (χ4n) is 1.77. The van der Waals surface area contributed by atoms with Gasteiger partial charge in [-0.3, -0.25) is 0 Å². The summed E-state index contributed by atoms with van der Waals surface area (Å²) in [6, 6.07) is 12.5. The number of halogens is 1. The highest BCUT2D eigenvalue weighted by atomic mass is 35.5. The van der Waals surface area contributed by atoms with Crippen molar-refractivity contribution in [2.24, 2.45) is 0 Å². The molecule has 0 spiro atoms. The molecule has 2 rings (SSSR count). The first kappa shape index (κ1) is 15.9. The Morgan fingerprint density at radius 1 is 1.18 bits per heavy atom. The Hall–Kier alpha value is -2.46. The third kappa shape index (κ3) is 4.53. The van der Waals surface area contributed by atoms with Crippen molar-refractivity contribution in [3.63, 3.8) is 0 Å². The van der Waals surface area contributed by atoms with Crippen LogP contribution in [0.25, 0.3) is 6.08 Å². The summed E-state index contributed by atoms with van der Waals surface area (Å²) in [4.78, 5) is 11.8. The van der Waals surface area contributed by atoms with Gasteiger partial charge in [-0.15, -0.1) is 0 Å². The second-order valence-corrected chi connectivity index (χ2v) is 5.08. The number of benzene rings is 2. The number of rotatable bonds is 4. The molecule has 5 heteroatoms. The lowest BCUT2D eigenvalue weighted by molar-refractivity contribution is 0.255. The molecule has 0 saturated heterocycles. The number of nitrogens with one attached hydrogen (secondary N) is 2. The minimum atomic E-state index is -0.329. The van der Waals surface area contributed by atoms with Crippen LogP contribution in [0.2, 0.25) is 5.02 Å². The third-order valence-corrected chi connectivity index (χ3v) is 3.44. The van der Waals surface area contributed by atoms with Gasteiger partial charge in [0.05, 0.1) is 7.11 Å². The van der Waals surface area contributed by atoms with Gasteiger partial charge < -0.3 is 15.4 Å². The van der Waals surface area contributed by atoms with Crippen molar-refractivity contribution < 1.29 is 9.53 Å². The van der Waals surface area contributed by atoms with Crippen molar-refractivity contribution in [1.29, 1.82) is 0 Å². The maximum Gasteiger partial charge on any atom is 0.323 e. The molecule has 22 heavy (non-hydrogen) atoms. The van der Waals surface area contributed by atoms with Crippen molar-refractivity contribution in [3.05, 3.63) is 64.8 Å². The Bertz CT molecular complexity index is 682. The predicted molar refractivity (Wildman–Crippen MR) is 90.4 cm³/mol. The smallest absolute Gasteiger partial charge is 0.323 e. The van der Waals surface area contributed by atoms with Gasteiger partial charge in [-0.2, -0.15) is 0 Å². The Morgan fingerprint density at radius 2 is 1.91 bits per heavy atom. The minimum absolute atomic E-state index is 0.329. The molecule has 2 amide bonds. The molecule has 2 aromatic rings. The fraction of sp³-hybridized carbons (Fsp3) is 0.118. The first-order valence-electron chi connectivity index (χ1n) is 6.73. The van der Waals surface area contributed by atoms with Crippen molar-refractivity contribution >= 4 is 29.4 Å². The molecule has 4 nitrogen and oxygen atoms in total. The van der Waals surface area contributed by atoms with E-state index in [2.05, 4.69) is 10.6 Å². The summed E-state index contributed by atoms with van der Waals surface area (Å²) in [6.45, 7) is 1.91. The summed E-state index contributed by atoms with van der Waals surface area (Å²) in [5.74, 6) is 0.791. The number of hydrogen-bond donors (Lipinski definition) is 2. The third-order valence-electron chi connectivity index (χ3n) is 3.04. The molecular formula is C17H17ClN2O2. The molecule has 0 aliphatic rings. The zero-order chi connectivity index (χ0) is 15.9. The van der Waals surface area contributed by atoms with Gasteiger partial charge in [-0.05, 0) is 48.4 Å². The second-order valence-electron chi connectivity index (χ2n) is 4.67. The van der Waals surface area contributed by atoms with Crippen LogP contribution in [0.15, 0.2) is 48.7 Å². The Kier molecular flexibility index (Phi) is 5.44. The highest BCUT2D eigenvalue weighted by Crippen LogP contribution is 2.19. The largest absolute Gasteiger partial charge is 0.497 e. The van der Waals surface area contributed by atoms with Gasteiger partial charge >= 0.3 is 6.03 Å². The van der Waals surface area contributed by atoms with E-state index >= 15 is 0 Å². The fourth-order valence-corrected chi connectivity index (χ4v) is 1.95. The van der Waals surface area contributed by atoms with Gasteiger partial charge in [0.25, 0.3) is 0 Å². The SMILES string of the molecule is COc1ccc(/C=C/NC(=O)Nc2ccc(C)c(Cl)c2)cc1. The number of aryl methyl sites for hydroxylation is 1. The van der Waals surface area contributed by atoms with E-state index in [4.69, 9.17) is 16.3 Å². The van der Waals surface area contributed by atoms with E-state index in [-0.39, 0.29) is 6.03 Å². The van der Waals surface area contributed by atoms with Crippen LogP contribution in [0.5, 0.6) is 5.75 Å². The average Bonchev–Trinajstić information content (AvgIpc) is 2.51. The number of carbonyl (C=O) groups is 1. The molecule has 0 bridgehead atoms. The molecule has 0 unspecified atom stereocenters. The van der Waals surface area contributed by atoms with Crippen molar-refractivity contribution in [2.45, 2.75) is 6.92 Å². The molecule has 114 valence electrons. The van der Waals surface area contributed by atoms with Crippen molar-refractivity contribution in [3.8, 4) is 5.75 Å². The van der Waals surface area contributed by atoms with Crippen LogP contribution in [-0.4, -0.2) is 13.1 Å². The van der Waals surface area contributed by atoms with Gasteiger partial charge in [-0.1, -0.05) is 29.8 Å². The highest BCUT2D eigenvalue weighted by molar-refractivity contribution is 6.31. The van der Waals surface area contributed by atoms with Gasteiger partial charge in [0.1, 0.15) is 5.75 Å². The Morgan fingerprint density at radius 3 is 2.55 bits per heavy atom. The van der Waals surface area contributed by atoms with Crippen LogP contribution in [-0.2, 0) is 0 Å². The quantitative estimate of drug-likeness (QED) is 0.875. The molecule has 0 aliphatic carbocycles. The summed E-state index contributed by atoms with van der Waals surface area (Å²) in [5.41, 5.74) is 2.57. The number of hydrogen-bond acceptors (Lipinski definition) is 2. The first-order chi connectivity index (χ1) is 10.6. The van der Waals surface area contributed by atoms with Crippen LogP contribution in [0.3, 0.4) is 0 Å². The van der Waals surface area contributed by atoms with E-state index in [0.29, 0.717) is 10.7 Å². The molecule has 0 radical (unpaired) electrons. The van der Waals surface area contributed by atoms with E-state index < -0.39 is 0 Å². The molecule has 2 aromatic carbocycles. The van der Waals surface area contributed by atoms with E-state index in [0.717, 1.165) is 16.9 Å². The van der Waals surface area contributed by atoms with E-state index in [1.807, 2.05) is 37.3 Å².